The first kappa shape index (κ1) is 12.6. The number of aromatic carboxylic acids is 1. The molecule has 0 fully saturated rings. The number of aryl methyl sites for hydroxylation is 1. The molecule has 0 radical (unpaired) electrons. The molecular weight excluding hydrogens is 252 g/mol. The van der Waals surface area contributed by atoms with E-state index in [2.05, 4.69) is 6.92 Å². The van der Waals surface area contributed by atoms with Crippen molar-refractivity contribution in [1.82, 2.24) is 0 Å². The number of hydrogen-bond acceptors (Lipinski definition) is 3. The minimum absolute atomic E-state index is 0.545. The summed E-state index contributed by atoms with van der Waals surface area (Å²) in [5.41, 5.74) is 1.06. The lowest BCUT2D eigenvalue weighted by atomic mass is 10.1. The topological polar surface area (TPSA) is 37.3 Å². The van der Waals surface area contributed by atoms with Crippen LogP contribution in [0.1, 0.15) is 47.8 Å². The second-order valence-electron chi connectivity index (χ2n) is 4.14. The molecule has 0 aliphatic rings. The summed E-state index contributed by atoms with van der Waals surface area (Å²) in [5.74, 6) is -0.774. The molecule has 1 N–H and O–H groups in total. The fourth-order valence-corrected chi connectivity index (χ4v) is 4.28. The standard InChI is InChI=1S/C13H16O2S2/c1-2-3-4-5-6-9-11-10(7-8-16-11)17-12(9)13(14)15/h7-8H,2-6H2,1H3,(H,14,15). The van der Waals surface area contributed by atoms with Gasteiger partial charge < -0.3 is 5.11 Å². The highest BCUT2D eigenvalue weighted by molar-refractivity contribution is 7.28. The Morgan fingerprint density at radius 2 is 2.18 bits per heavy atom. The largest absolute Gasteiger partial charge is 0.477 e. The van der Waals surface area contributed by atoms with Crippen LogP contribution in [0.2, 0.25) is 0 Å². The first-order chi connectivity index (χ1) is 8.24. The normalized spacial score (nSPS) is 11.1. The molecule has 0 atom stereocenters. The lowest BCUT2D eigenvalue weighted by molar-refractivity contribution is 0.0701. The van der Waals surface area contributed by atoms with Gasteiger partial charge in [-0.2, -0.15) is 0 Å². The first-order valence-electron chi connectivity index (χ1n) is 5.96. The second kappa shape index (κ2) is 5.65. The maximum Gasteiger partial charge on any atom is 0.346 e. The summed E-state index contributed by atoms with van der Waals surface area (Å²) in [6.07, 6.45) is 5.64. The van der Waals surface area contributed by atoms with E-state index in [1.165, 1.54) is 35.3 Å². The maximum absolute atomic E-state index is 11.2. The van der Waals surface area contributed by atoms with E-state index < -0.39 is 5.97 Å². The molecule has 2 nitrogen and oxygen atoms in total. The molecule has 0 saturated heterocycles. The van der Waals surface area contributed by atoms with Crippen molar-refractivity contribution in [3.05, 3.63) is 21.9 Å². The van der Waals surface area contributed by atoms with Crippen molar-refractivity contribution in [1.29, 1.82) is 0 Å². The first-order valence-corrected chi connectivity index (χ1v) is 7.65. The average molecular weight is 268 g/mol. The van der Waals surface area contributed by atoms with Crippen molar-refractivity contribution in [2.24, 2.45) is 0 Å². The van der Waals surface area contributed by atoms with E-state index >= 15 is 0 Å². The summed E-state index contributed by atoms with van der Waals surface area (Å²) in [6, 6.07) is 2.02. The van der Waals surface area contributed by atoms with Crippen LogP contribution in [0.3, 0.4) is 0 Å². The van der Waals surface area contributed by atoms with Crippen LogP contribution in [0.15, 0.2) is 11.4 Å². The van der Waals surface area contributed by atoms with Crippen molar-refractivity contribution >= 4 is 38.0 Å². The minimum Gasteiger partial charge on any atom is -0.477 e. The number of carboxylic acid groups (broad SMARTS) is 1. The van der Waals surface area contributed by atoms with Crippen LogP contribution in [0.5, 0.6) is 0 Å². The average Bonchev–Trinajstić information content (AvgIpc) is 2.85. The van der Waals surface area contributed by atoms with E-state index in [1.807, 2.05) is 11.4 Å². The maximum atomic E-state index is 11.2. The second-order valence-corrected chi connectivity index (χ2v) is 6.11. The summed E-state index contributed by atoms with van der Waals surface area (Å²) >= 11 is 3.08. The predicted octanol–water partition coefficient (Wildman–Crippen LogP) is 4.78. The molecule has 0 saturated carbocycles. The molecular formula is C13H16O2S2. The van der Waals surface area contributed by atoms with Crippen molar-refractivity contribution < 1.29 is 9.90 Å². The fraction of sp³-hybridized carbons (Fsp3) is 0.462. The van der Waals surface area contributed by atoms with Gasteiger partial charge in [0.2, 0.25) is 0 Å². The highest BCUT2D eigenvalue weighted by atomic mass is 32.1. The van der Waals surface area contributed by atoms with E-state index in [9.17, 15) is 9.90 Å². The molecule has 4 heteroatoms. The van der Waals surface area contributed by atoms with Crippen molar-refractivity contribution in [2.45, 2.75) is 39.0 Å². The highest BCUT2D eigenvalue weighted by Gasteiger charge is 2.17. The summed E-state index contributed by atoms with van der Waals surface area (Å²) in [6.45, 7) is 2.19. The van der Waals surface area contributed by atoms with Gasteiger partial charge in [0.25, 0.3) is 0 Å². The van der Waals surface area contributed by atoms with Crippen LogP contribution < -0.4 is 0 Å². The molecule has 92 valence electrons. The summed E-state index contributed by atoms with van der Waals surface area (Å²) in [5, 5.41) is 11.2. The third-order valence-electron chi connectivity index (χ3n) is 2.86. The van der Waals surface area contributed by atoms with Crippen LogP contribution in [0, 0.1) is 0 Å². The molecule has 0 aliphatic carbocycles. The van der Waals surface area contributed by atoms with Gasteiger partial charge in [0.1, 0.15) is 4.88 Å². The molecule has 2 aromatic heterocycles. The van der Waals surface area contributed by atoms with Gasteiger partial charge in [-0.1, -0.05) is 26.2 Å². The van der Waals surface area contributed by atoms with Gasteiger partial charge in [-0.25, -0.2) is 4.79 Å². The lowest BCUT2D eigenvalue weighted by Gasteiger charge is -2.00. The third-order valence-corrected chi connectivity index (χ3v) is 5.15. The van der Waals surface area contributed by atoms with Gasteiger partial charge in [0.15, 0.2) is 0 Å². The number of rotatable bonds is 6. The van der Waals surface area contributed by atoms with E-state index in [4.69, 9.17) is 0 Å². The highest BCUT2D eigenvalue weighted by Crippen LogP contribution is 2.36. The number of thiophene rings is 2. The number of fused-ring (bicyclic) bond motifs is 1. The number of unbranched alkanes of at least 4 members (excludes halogenated alkanes) is 3. The van der Waals surface area contributed by atoms with E-state index in [-0.39, 0.29) is 0 Å². The molecule has 0 bridgehead atoms. The Bertz CT molecular complexity index is 510. The Balaban J connectivity index is 2.19. The van der Waals surface area contributed by atoms with Gasteiger partial charge in [0, 0.05) is 9.40 Å². The summed E-state index contributed by atoms with van der Waals surface area (Å²) < 4.78 is 2.31. The fourth-order valence-electron chi connectivity index (χ4n) is 2.00. The predicted molar refractivity (Wildman–Crippen MR) is 74.5 cm³/mol. The van der Waals surface area contributed by atoms with E-state index in [0.29, 0.717) is 4.88 Å². The van der Waals surface area contributed by atoms with Crippen molar-refractivity contribution in [2.75, 3.05) is 0 Å². The van der Waals surface area contributed by atoms with Crippen molar-refractivity contribution in [3.8, 4) is 0 Å². The van der Waals surface area contributed by atoms with Crippen LogP contribution in [-0.2, 0) is 6.42 Å². The summed E-state index contributed by atoms with van der Waals surface area (Å²) in [4.78, 5) is 11.7. The van der Waals surface area contributed by atoms with Crippen LogP contribution >= 0.6 is 22.7 Å². The summed E-state index contributed by atoms with van der Waals surface area (Å²) in [7, 11) is 0. The molecule has 17 heavy (non-hydrogen) atoms. The Hall–Kier alpha value is -0.870. The molecule has 0 spiro atoms. The number of hydrogen-bond donors (Lipinski definition) is 1. The zero-order valence-corrected chi connectivity index (χ0v) is 11.5. The molecule has 0 aliphatic heterocycles. The smallest absolute Gasteiger partial charge is 0.346 e. The van der Waals surface area contributed by atoms with Gasteiger partial charge in [0.05, 0.1) is 0 Å². The number of carbonyl (C=O) groups is 1. The van der Waals surface area contributed by atoms with Crippen LogP contribution in [0.4, 0.5) is 0 Å². The van der Waals surface area contributed by atoms with E-state index in [1.54, 1.807) is 11.3 Å². The third kappa shape index (κ3) is 2.69. The SMILES string of the molecule is CCCCCCc1c(C(=O)O)sc2ccsc12. The van der Waals surface area contributed by atoms with Crippen molar-refractivity contribution in [3.63, 3.8) is 0 Å². The minimum atomic E-state index is -0.774. The Morgan fingerprint density at radius 3 is 2.88 bits per heavy atom. The molecule has 2 aromatic rings. The zero-order valence-electron chi connectivity index (χ0n) is 9.86. The lowest BCUT2D eigenvalue weighted by Crippen LogP contribution is -1.97. The quantitative estimate of drug-likeness (QED) is 0.765. The van der Waals surface area contributed by atoms with E-state index in [0.717, 1.165) is 23.1 Å². The number of carboxylic acids is 1. The Kier molecular flexibility index (Phi) is 4.18. The molecule has 2 rings (SSSR count). The van der Waals surface area contributed by atoms with Gasteiger partial charge >= 0.3 is 5.97 Å². The van der Waals surface area contributed by atoms with Gasteiger partial charge in [-0.05, 0) is 29.9 Å². The molecule has 0 amide bonds. The molecule has 0 aromatic carbocycles. The Labute approximate surface area is 109 Å². The molecule has 0 unspecified atom stereocenters. The van der Waals surface area contributed by atoms with Crippen LogP contribution in [0.25, 0.3) is 9.40 Å². The Morgan fingerprint density at radius 1 is 1.35 bits per heavy atom. The monoisotopic (exact) mass is 268 g/mol. The molecule has 2 heterocycles. The van der Waals surface area contributed by atoms with Crippen LogP contribution in [-0.4, -0.2) is 11.1 Å². The zero-order chi connectivity index (χ0) is 12.3. The van der Waals surface area contributed by atoms with Gasteiger partial charge in [-0.3, -0.25) is 0 Å². The van der Waals surface area contributed by atoms with Gasteiger partial charge in [-0.15, -0.1) is 22.7 Å².